The number of aromatic nitrogens is 2. The lowest BCUT2D eigenvalue weighted by Crippen LogP contribution is -2.45. The first kappa shape index (κ1) is 21.9. The van der Waals surface area contributed by atoms with E-state index >= 15 is 0 Å². The maximum absolute atomic E-state index is 10.3. The molecule has 0 amide bonds. The molecular weight excluding hydrogens is 440 g/mol. The molecule has 9 heteroatoms. The number of nitrogens with one attached hydrogen (secondary N) is 1. The molecule has 3 aromatic rings. The van der Waals surface area contributed by atoms with Crippen molar-refractivity contribution < 1.29 is 19.3 Å². The van der Waals surface area contributed by atoms with Gasteiger partial charge in [-0.25, -0.2) is 9.97 Å². The number of ether oxygens (including phenoxy) is 3. The van der Waals surface area contributed by atoms with Gasteiger partial charge >= 0.3 is 5.95 Å². The fourth-order valence-electron chi connectivity index (χ4n) is 4.15. The number of benzene rings is 1. The number of hydrogen-bond donors (Lipinski definition) is 2. The zero-order valence-electron chi connectivity index (χ0n) is 18.3. The van der Waals surface area contributed by atoms with Gasteiger partial charge in [0, 0.05) is 32.1 Å². The van der Waals surface area contributed by atoms with Gasteiger partial charge in [0.15, 0.2) is 6.26 Å². The monoisotopic (exact) mass is 468 g/mol. The van der Waals surface area contributed by atoms with Crippen LogP contribution in [0.3, 0.4) is 0 Å². The fourth-order valence-corrected chi connectivity index (χ4v) is 4.87. The molecule has 0 bridgehead atoms. The highest BCUT2D eigenvalue weighted by atomic mass is 32.1. The Hall–Kier alpha value is -2.88. The van der Waals surface area contributed by atoms with Crippen LogP contribution in [-0.4, -0.2) is 59.8 Å². The van der Waals surface area contributed by atoms with Crippen LogP contribution in [0.25, 0.3) is 10.2 Å². The fraction of sp³-hybridized carbons (Fsp3) is 0.417. The summed E-state index contributed by atoms with van der Waals surface area (Å²) in [6.07, 6.45) is 4.72. The number of piperidine rings is 1. The van der Waals surface area contributed by atoms with Crippen molar-refractivity contribution in [3.63, 3.8) is 0 Å². The van der Waals surface area contributed by atoms with E-state index in [1.54, 1.807) is 17.7 Å². The zero-order valence-corrected chi connectivity index (χ0v) is 19.1. The minimum absolute atomic E-state index is 0.149. The number of anilines is 1. The average Bonchev–Trinajstić information content (AvgIpc) is 3.52. The lowest BCUT2D eigenvalue weighted by Gasteiger charge is -2.33. The van der Waals surface area contributed by atoms with Crippen molar-refractivity contribution in [3.05, 3.63) is 65.9 Å². The van der Waals surface area contributed by atoms with Crippen LogP contribution >= 0.6 is 11.3 Å². The van der Waals surface area contributed by atoms with Crippen LogP contribution in [0.2, 0.25) is 0 Å². The standard InChI is InChI=1S/C24H28N4O4S/c29-19(14-30-22-15-31-21(32-22)12-17-4-2-1-3-5-17)13-25-18-6-9-28(10-7-18)23-20-8-11-33-24(20)27-16-26-23/h1-5,8,11,15-16,18-19,21,25,29H,6-7,9-10,12-14H2. The third kappa shape index (κ3) is 5.55. The molecular formula is C24H28N4O4S. The third-order valence-corrected chi connectivity index (χ3v) is 6.72. The number of aliphatic hydroxyl groups excluding tert-OH is 1. The molecule has 0 radical (unpaired) electrons. The molecule has 2 aliphatic rings. The van der Waals surface area contributed by atoms with E-state index in [1.807, 2.05) is 30.3 Å². The van der Waals surface area contributed by atoms with Gasteiger partial charge < -0.3 is 29.5 Å². The van der Waals surface area contributed by atoms with Crippen molar-refractivity contribution in [2.75, 3.05) is 31.1 Å². The summed E-state index contributed by atoms with van der Waals surface area (Å²) in [5, 5.41) is 17.0. The normalized spacial score (nSPS) is 19.7. The van der Waals surface area contributed by atoms with E-state index in [0.29, 0.717) is 25.0 Å². The molecule has 1 saturated heterocycles. The number of hydrogen-bond acceptors (Lipinski definition) is 9. The van der Waals surface area contributed by atoms with Crippen LogP contribution in [0.1, 0.15) is 18.4 Å². The molecule has 2 N–H and O–H groups in total. The predicted octanol–water partition coefficient (Wildman–Crippen LogP) is 3.04. The topological polar surface area (TPSA) is 89.0 Å². The molecule has 174 valence electrons. The summed E-state index contributed by atoms with van der Waals surface area (Å²) in [5.41, 5.74) is 1.13. The quantitative estimate of drug-likeness (QED) is 0.495. The van der Waals surface area contributed by atoms with Crippen LogP contribution in [-0.2, 0) is 20.6 Å². The summed E-state index contributed by atoms with van der Waals surface area (Å²) in [6, 6.07) is 12.5. The molecule has 2 aromatic heterocycles. The van der Waals surface area contributed by atoms with E-state index in [-0.39, 0.29) is 6.61 Å². The van der Waals surface area contributed by atoms with Gasteiger partial charge in [0.05, 0.1) is 5.39 Å². The zero-order chi connectivity index (χ0) is 22.5. The van der Waals surface area contributed by atoms with E-state index < -0.39 is 12.4 Å². The summed E-state index contributed by atoms with van der Waals surface area (Å²) in [6.45, 7) is 2.46. The van der Waals surface area contributed by atoms with Gasteiger partial charge in [-0.2, -0.15) is 0 Å². The Kier molecular flexibility index (Phi) is 6.89. The second kappa shape index (κ2) is 10.4. The molecule has 8 nitrogen and oxygen atoms in total. The van der Waals surface area contributed by atoms with E-state index in [0.717, 1.165) is 47.5 Å². The Morgan fingerprint density at radius 2 is 2.03 bits per heavy atom. The molecule has 2 unspecified atom stereocenters. The van der Waals surface area contributed by atoms with E-state index in [2.05, 4.69) is 31.6 Å². The average molecular weight is 469 g/mol. The summed E-state index contributed by atoms with van der Waals surface area (Å²) < 4.78 is 16.7. The molecule has 0 saturated carbocycles. The summed E-state index contributed by atoms with van der Waals surface area (Å²) in [7, 11) is 0. The maximum atomic E-state index is 10.3. The number of fused-ring (bicyclic) bond motifs is 1. The molecule has 5 rings (SSSR count). The molecule has 1 fully saturated rings. The lowest BCUT2D eigenvalue weighted by molar-refractivity contribution is -0.0786. The molecule has 33 heavy (non-hydrogen) atoms. The van der Waals surface area contributed by atoms with Crippen molar-refractivity contribution in [1.82, 2.24) is 15.3 Å². The molecule has 1 aromatic carbocycles. The minimum Gasteiger partial charge on any atom is -0.460 e. The largest absolute Gasteiger partial charge is 0.460 e. The Balaban J connectivity index is 0.999. The molecule has 0 spiro atoms. The lowest BCUT2D eigenvalue weighted by atomic mass is 10.0. The van der Waals surface area contributed by atoms with Crippen molar-refractivity contribution in [1.29, 1.82) is 0 Å². The van der Waals surface area contributed by atoms with Crippen LogP contribution < -0.4 is 10.2 Å². The first-order valence-corrected chi connectivity index (χ1v) is 12.2. The van der Waals surface area contributed by atoms with Crippen molar-refractivity contribution in [2.24, 2.45) is 0 Å². The Bertz CT molecular complexity index is 1070. The van der Waals surface area contributed by atoms with Crippen LogP contribution in [0.5, 0.6) is 0 Å². The van der Waals surface area contributed by atoms with Crippen molar-refractivity contribution in [3.8, 4) is 0 Å². The predicted molar refractivity (Wildman–Crippen MR) is 127 cm³/mol. The SMILES string of the molecule is OC(CNC1CCN(c2ncnc3sccc23)CC1)COC1=COC(Cc2ccccc2)O1. The molecule has 2 aliphatic heterocycles. The van der Waals surface area contributed by atoms with E-state index in [4.69, 9.17) is 14.2 Å². The van der Waals surface area contributed by atoms with Gasteiger partial charge in [0.1, 0.15) is 29.7 Å². The summed E-state index contributed by atoms with van der Waals surface area (Å²) >= 11 is 1.64. The maximum Gasteiger partial charge on any atom is 0.318 e. The van der Waals surface area contributed by atoms with Gasteiger partial charge in [-0.05, 0) is 29.9 Å². The highest BCUT2D eigenvalue weighted by molar-refractivity contribution is 7.16. The first-order chi connectivity index (χ1) is 16.2. The smallest absolute Gasteiger partial charge is 0.318 e. The van der Waals surface area contributed by atoms with Gasteiger partial charge in [-0.1, -0.05) is 30.3 Å². The second-order valence-corrected chi connectivity index (χ2v) is 9.18. The number of aliphatic hydroxyl groups is 1. The number of nitrogens with zero attached hydrogens (tertiary/aromatic N) is 3. The van der Waals surface area contributed by atoms with Gasteiger partial charge in [-0.15, -0.1) is 11.3 Å². The first-order valence-electron chi connectivity index (χ1n) is 11.3. The highest BCUT2D eigenvalue weighted by Crippen LogP contribution is 2.28. The third-order valence-electron chi connectivity index (χ3n) is 5.90. The molecule has 0 aliphatic carbocycles. The second-order valence-electron chi connectivity index (χ2n) is 8.28. The summed E-state index contributed by atoms with van der Waals surface area (Å²) in [4.78, 5) is 12.2. The van der Waals surface area contributed by atoms with Crippen molar-refractivity contribution in [2.45, 2.75) is 37.7 Å². The van der Waals surface area contributed by atoms with Gasteiger partial charge in [0.25, 0.3) is 0 Å². The van der Waals surface area contributed by atoms with Crippen LogP contribution in [0.15, 0.2) is 60.3 Å². The number of rotatable bonds is 9. The van der Waals surface area contributed by atoms with Crippen LogP contribution in [0.4, 0.5) is 5.82 Å². The Morgan fingerprint density at radius 3 is 2.88 bits per heavy atom. The Labute approximate surface area is 196 Å². The highest BCUT2D eigenvalue weighted by Gasteiger charge is 2.24. The van der Waals surface area contributed by atoms with Gasteiger partial charge in [0.2, 0.25) is 6.29 Å². The summed E-state index contributed by atoms with van der Waals surface area (Å²) in [5.74, 6) is 1.33. The van der Waals surface area contributed by atoms with E-state index in [1.165, 1.54) is 6.26 Å². The Morgan fingerprint density at radius 1 is 1.18 bits per heavy atom. The van der Waals surface area contributed by atoms with Crippen LogP contribution in [0, 0.1) is 0 Å². The molecule has 4 heterocycles. The van der Waals surface area contributed by atoms with Crippen molar-refractivity contribution >= 4 is 27.4 Å². The van der Waals surface area contributed by atoms with E-state index in [9.17, 15) is 5.11 Å². The number of thiophene rings is 1. The minimum atomic E-state index is -0.631. The molecule has 2 atom stereocenters. The van der Waals surface area contributed by atoms with Gasteiger partial charge in [-0.3, -0.25) is 0 Å².